The van der Waals surface area contributed by atoms with Gasteiger partial charge >= 0.3 is 5.97 Å². The van der Waals surface area contributed by atoms with Gasteiger partial charge in [-0.25, -0.2) is 4.79 Å². The number of rotatable bonds is 7. The number of carbonyl (C=O) groups is 2. The summed E-state index contributed by atoms with van der Waals surface area (Å²) in [6.07, 6.45) is 4.34. The zero-order valence-corrected chi connectivity index (χ0v) is 14.1. The lowest BCUT2D eigenvalue weighted by atomic mass is 10.1. The fourth-order valence-corrected chi connectivity index (χ4v) is 3.22. The zero-order chi connectivity index (χ0) is 16.8. The van der Waals surface area contributed by atoms with Crippen LogP contribution in [0, 0.1) is 0 Å². The third-order valence-electron chi connectivity index (χ3n) is 3.75. The minimum Gasteiger partial charge on any atom is -0.480 e. The van der Waals surface area contributed by atoms with Gasteiger partial charge in [0.2, 0.25) is 5.91 Å². The van der Waals surface area contributed by atoms with Crippen molar-refractivity contribution in [3.63, 3.8) is 0 Å². The quantitative estimate of drug-likeness (QED) is 0.784. The standard InChI is InChI=1S/C16H19Cl2NO4/c17-11-5-10(6-12(18)8-11)7-14(16(21)22)19-15(20)9-23-13-3-1-2-4-13/h5-6,8,13-14H,1-4,7,9H2,(H,19,20)(H,21,22). The molecule has 1 unspecified atom stereocenters. The molecule has 0 bridgehead atoms. The molecule has 1 aromatic carbocycles. The van der Waals surface area contributed by atoms with Crippen LogP contribution in [0.15, 0.2) is 18.2 Å². The van der Waals surface area contributed by atoms with Gasteiger partial charge < -0.3 is 15.2 Å². The Kier molecular flexibility index (Phi) is 6.69. The van der Waals surface area contributed by atoms with E-state index in [1.807, 2.05) is 0 Å². The third-order valence-corrected chi connectivity index (χ3v) is 4.18. The van der Waals surface area contributed by atoms with E-state index in [4.69, 9.17) is 27.9 Å². The summed E-state index contributed by atoms with van der Waals surface area (Å²) < 4.78 is 5.49. The van der Waals surface area contributed by atoms with Crippen LogP contribution in [0.2, 0.25) is 10.0 Å². The number of hydrogen-bond acceptors (Lipinski definition) is 3. The predicted octanol–water partition coefficient (Wildman–Crippen LogP) is 3.06. The maximum Gasteiger partial charge on any atom is 0.326 e. The van der Waals surface area contributed by atoms with Crippen LogP contribution in [0.3, 0.4) is 0 Å². The van der Waals surface area contributed by atoms with Crippen LogP contribution >= 0.6 is 23.2 Å². The second kappa shape index (κ2) is 8.52. The van der Waals surface area contributed by atoms with Crippen molar-refractivity contribution in [1.29, 1.82) is 0 Å². The Bertz CT molecular complexity index is 553. The number of carboxylic acid groups (broad SMARTS) is 1. The summed E-state index contributed by atoms with van der Waals surface area (Å²) in [5.41, 5.74) is 0.645. The van der Waals surface area contributed by atoms with E-state index in [1.54, 1.807) is 18.2 Å². The van der Waals surface area contributed by atoms with Crippen molar-refractivity contribution in [2.75, 3.05) is 6.61 Å². The lowest BCUT2D eigenvalue weighted by Gasteiger charge is -2.16. The fourth-order valence-electron chi connectivity index (χ4n) is 2.65. The average Bonchev–Trinajstić information content (AvgIpc) is 2.96. The van der Waals surface area contributed by atoms with E-state index >= 15 is 0 Å². The number of halogens is 2. The molecule has 2 rings (SSSR count). The third kappa shape index (κ3) is 6.01. The molecule has 0 radical (unpaired) electrons. The molecule has 23 heavy (non-hydrogen) atoms. The molecule has 1 aliphatic rings. The normalized spacial score (nSPS) is 16.3. The number of ether oxygens (including phenoxy) is 1. The molecule has 7 heteroatoms. The van der Waals surface area contributed by atoms with Crippen LogP contribution in [-0.4, -0.2) is 35.7 Å². The SMILES string of the molecule is O=C(COC1CCCC1)NC(Cc1cc(Cl)cc(Cl)c1)C(=O)O. The van der Waals surface area contributed by atoms with E-state index in [1.165, 1.54) is 0 Å². The number of benzene rings is 1. The Hall–Kier alpha value is -1.30. The molecule has 1 amide bonds. The maximum atomic E-state index is 11.9. The molecule has 5 nitrogen and oxygen atoms in total. The molecular weight excluding hydrogens is 341 g/mol. The van der Waals surface area contributed by atoms with Gasteiger partial charge in [-0.2, -0.15) is 0 Å². The van der Waals surface area contributed by atoms with E-state index < -0.39 is 17.9 Å². The summed E-state index contributed by atoms with van der Waals surface area (Å²) in [5.74, 6) is -1.55. The summed E-state index contributed by atoms with van der Waals surface area (Å²) in [5, 5.41) is 12.6. The van der Waals surface area contributed by atoms with Gasteiger partial charge in [0.05, 0.1) is 6.10 Å². The van der Waals surface area contributed by atoms with Crippen LogP contribution in [0.5, 0.6) is 0 Å². The molecule has 0 aromatic heterocycles. The van der Waals surface area contributed by atoms with Crippen LogP contribution in [0.1, 0.15) is 31.2 Å². The first-order chi connectivity index (χ1) is 10.9. The highest BCUT2D eigenvalue weighted by Crippen LogP contribution is 2.21. The molecule has 1 aliphatic carbocycles. The highest BCUT2D eigenvalue weighted by molar-refractivity contribution is 6.34. The first-order valence-corrected chi connectivity index (χ1v) is 8.28. The van der Waals surface area contributed by atoms with Crippen LogP contribution < -0.4 is 5.32 Å². The van der Waals surface area contributed by atoms with E-state index in [2.05, 4.69) is 5.32 Å². The maximum absolute atomic E-state index is 11.9. The van der Waals surface area contributed by atoms with E-state index in [0.717, 1.165) is 25.7 Å². The van der Waals surface area contributed by atoms with Crippen molar-refractivity contribution in [3.8, 4) is 0 Å². The Morgan fingerprint density at radius 1 is 1.22 bits per heavy atom. The van der Waals surface area contributed by atoms with Gasteiger partial charge in [-0.1, -0.05) is 36.0 Å². The Balaban J connectivity index is 1.89. The molecular formula is C16H19Cl2NO4. The van der Waals surface area contributed by atoms with Crippen molar-refractivity contribution < 1.29 is 19.4 Å². The Labute approximate surface area is 144 Å². The first kappa shape index (κ1) is 18.0. The number of nitrogens with one attached hydrogen (secondary N) is 1. The van der Waals surface area contributed by atoms with Crippen molar-refractivity contribution in [1.82, 2.24) is 5.32 Å². The van der Waals surface area contributed by atoms with Crippen molar-refractivity contribution in [2.45, 2.75) is 44.2 Å². The minimum absolute atomic E-state index is 0.102. The van der Waals surface area contributed by atoms with E-state index in [0.29, 0.717) is 15.6 Å². The summed E-state index contributed by atoms with van der Waals surface area (Å²) >= 11 is 11.8. The van der Waals surface area contributed by atoms with Crippen molar-refractivity contribution in [3.05, 3.63) is 33.8 Å². The smallest absolute Gasteiger partial charge is 0.326 e. The lowest BCUT2D eigenvalue weighted by Crippen LogP contribution is -2.44. The lowest BCUT2D eigenvalue weighted by molar-refractivity contribution is -0.142. The monoisotopic (exact) mass is 359 g/mol. The first-order valence-electron chi connectivity index (χ1n) is 7.53. The number of hydrogen-bond donors (Lipinski definition) is 2. The van der Waals surface area contributed by atoms with Crippen molar-refractivity contribution >= 4 is 35.1 Å². The summed E-state index contributed by atoms with van der Waals surface area (Å²) in [4.78, 5) is 23.2. The van der Waals surface area contributed by atoms with Gasteiger partial charge in [-0.05, 0) is 36.6 Å². The molecule has 1 fully saturated rings. The fraction of sp³-hybridized carbons (Fsp3) is 0.500. The van der Waals surface area contributed by atoms with Crippen LogP contribution in [0.4, 0.5) is 0 Å². The molecule has 1 atom stereocenters. The summed E-state index contributed by atoms with van der Waals surface area (Å²) in [6, 6.07) is 3.77. The number of carboxylic acids is 1. The second-order valence-electron chi connectivity index (χ2n) is 5.66. The van der Waals surface area contributed by atoms with Gasteiger partial charge in [0.1, 0.15) is 12.6 Å². The molecule has 0 heterocycles. The largest absolute Gasteiger partial charge is 0.480 e. The highest BCUT2D eigenvalue weighted by Gasteiger charge is 2.22. The number of aliphatic carboxylic acids is 1. The van der Waals surface area contributed by atoms with Gasteiger partial charge in [0, 0.05) is 16.5 Å². The van der Waals surface area contributed by atoms with Gasteiger partial charge in [0.25, 0.3) is 0 Å². The second-order valence-corrected chi connectivity index (χ2v) is 6.53. The zero-order valence-electron chi connectivity index (χ0n) is 12.6. The molecule has 0 spiro atoms. The predicted molar refractivity (Wildman–Crippen MR) is 87.9 cm³/mol. The molecule has 1 aromatic rings. The number of amides is 1. The molecule has 1 saturated carbocycles. The molecule has 2 N–H and O–H groups in total. The van der Waals surface area contributed by atoms with Gasteiger partial charge in [-0.3, -0.25) is 4.79 Å². The molecule has 0 saturated heterocycles. The average molecular weight is 360 g/mol. The molecule has 0 aliphatic heterocycles. The molecule has 126 valence electrons. The Morgan fingerprint density at radius 3 is 2.39 bits per heavy atom. The summed E-state index contributed by atoms with van der Waals surface area (Å²) in [7, 11) is 0. The van der Waals surface area contributed by atoms with Crippen LogP contribution in [0.25, 0.3) is 0 Å². The van der Waals surface area contributed by atoms with E-state index in [-0.39, 0.29) is 19.1 Å². The highest BCUT2D eigenvalue weighted by atomic mass is 35.5. The minimum atomic E-state index is -1.12. The van der Waals surface area contributed by atoms with Crippen molar-refractivity contribution in [2.24, 2.45) is 0 Å². The van der Waals surface area contributed by atoms with E-state index in [9.17, 15) is 14.7 Å². The summed E-state index contributed by atoms with van der Waals surface area (Å²) in [6.45, 7) is -0.120. The van der Waals surface area contributed by atoms with Gasteiger partial charge in [-0.15, -0.1) is 0 Å². The number of carbonyl (C=O) groups excluding carboxylic acids is 1. The van der Waals surface area contributed by atoms with Crippen LogP contribution in [-0.2, 0) is 20.7 Å². The van der Waals surface area contributed by atoms with Gasteiger partial charge in [0.15, 0.2) is 0 Å². The topological polar surface area (TPSA) is 75.6 Å². The Morgan fingerprint density at radius 2 is 1.83 bits per heavy atom.